The van der Waals surface area contributed by atoms with Gasteiger partial charge in [-0.15, -0.1) is 0 Å². The molecule has 5 nitrogen and oxygen atoms in total. The third kappa shape index (κ3) is 3.07. The molecule has 8 heteroatoms. The number of carboxylic acid groups (broad SMARTS) is 1. The Balaban J connectivity index is 2.23. The van der Waals surface area contributed by atoms with Gasteiger partial charge in [0, 0.05) is 0 Å². The summed E-state index contributed by atoms with van der Waals surface area (Å²) in [6.45, 7) is 0. The minimum Gasteiger partial charge on any atom is -0.475 e. The Kier molecular flexibility index (Phi) is 4.23. The summed E-state index contributed by atoms with van der Waals surface area (Å²) in [6.07, 6.45) is 0. The zero-order valence-electron chi connectivity index (χ0n) is 9.62. The molecular formula is C12H6Cl3NO4. The van der Waals surface area contributed by atoms with Gasteiger partial charge in [-0.05, 0) is 24.3 Å². The maximum atomic E-state index is 11.9. The van der Waals surface area contributed by atoms with Crippen LogP contribution in [0.1, 0.15) is 21.1 Å². The molecular weight excluding hydrogens is 328 g/mol. The molecule has 20 heavy (non-hydrogen) atoms. The fraction of sp³-hybridized carbons (Fsp3) is 0. The largest absolute Gasteiger partial charge is 0.475 e. The summed E-state index contributed by atoms with van der Waals surface area (Å²) in [7, 11) is 0. The quantitative estimate of drug-likeness (QED) is 0.825. The van der Waals surface area contributed by atoms with Crippen LogP contribution < -0.4 is 5.32 Å². The lowest BCUT2D eigenvalue weighted by Gasteiger charge is -2.07. The van der Waals surface area contributed by atoms with Gasteiger partial charge in [-0.1, -0.05) is 34.8 Å². The van der Waals surface area contributed by atoms with Crippen LogP contribution in [0.3, 0.4) is 0 Å². The fourth-order valence-electron chi connectivity index (χ4n) is 1.38. The number of anilines is 1. The number of hydrogen-bond acceptors (Lipinski definition) is 3. The second-order valence-corrected chi connectivity index (χ2v) is 4.89. The third-order valence-electron chi connectivity index (χ3n) is 2.30. The van der Waals surface area contributed by atoms with Crippen LogP contribution in [0, 0.1) is 0 Å². The molecule has 0 atom stereocenters. The number of carbonyl (C=O) groups excluding carboxylic acids is 1. The molecule has 1 heterocycles. The average Bonchev–Trinajstić information content (AvgIpc) is 2.85. The molecule has 0 aliphatic rings. The number of nitrogens with one attached hydrogen (secondary N) is 1. The van der Waals surface area contributed by atoms with E-state index in [0.29, 0.717) is 0 Å². The van der Waals surface area contributed by atoms with Gasteiger partial charge in [-0.2, -0.15) is 0 Å². The summed E-state index contributed by atoms with van der Waals surface area (Å²) in [5.74, 6) is -2.42. The van der Waals surface area contributed by atoms with Crippen LogP contribution in [0.15, 0.2) is 28.7 Å². The van der Waals surface area contributed by atoms with Crippen LogP contribution in [0.25, 0.3) is 0 Å². The molecule has 1 amide bonds. The maximum Gasteiger partial charge on any atom is 0.371 e. The number of carboxylic acids is 1. The molecule has 104 valence electrons. The summed E-state index contributed by atoms with van der Waals surface area (Å²) >= 11 is 17.5. The second kappa shape index (κ2) is 5.75. The topological polar surface area (TPSA) is 79.5 Å². The molecule has 0 aliphatic heterocycles. The Labute approximate surface area is 128 Å². The summed E-state index contributed by atoms with van der Waals surface area (Å²) in [5.41, 5.74) is 0.236. The van der Waals surface area contributed by atoms with Crippen LogP contribution in [-0.4, -0.2) is 17.0 Å². The van der Waals surface area contributed by atoms with Crippen molar-refractivity contribution >= 4 is 52.4 Å². The van der Waals surface area contributed by atoms with E-state index in [4.69, 9.17) is 44.3 Å². The van der Waals surface area contributed by atoms with Gasteiger partial charge in [0.15, 0.2) is 5.76 Å². The van der Waals surface area contributed by atoms with Crippen molar-refractivity contribution in [2.45, 2.75) is 0 Å². The molecule has 2 rings (SSSR count). The Morgan fingerprint density at radius 3 is 2.20 bits per heavy atom. The highest BCUT2D eigenvalue weighted by atomic mass is 35.5. The van der Waals surface area contributed by atoms with Crippen LogP contribution in [0.5, 0.6) is 0 Å². The average molecular weight is 335 g/mol. The SMILES string of the molecule is O=C(O)c1ccc(C(=O)Nc2cc(Cl)c(Cl)cc2Cl)o1. The van der Waals surface area contributed by atoms with Gasteiger partial charge < -0.3 is 14.8 Å². The predicted octanol–water partition coefficient (Wildman–Crippen LogP) is 4.19. The van der Waals surface area contributed by atoms with E-state index in [0.717, 1.165) is 0 Å². The molecule has 0 spiro atoms. The first kappa shape index (κ1) is 14.7. The monoisotopic (exact) mass is 333 g/mol. The fourth-order valence-corrected chi connectivity index (χ4v) is 1.97. The predicted molar refractivity (Wildman–Crippen MR) is 75.1 cm³/mol. The number of hydrogen-bond donors (Lipinski definition) is 2. The minimum absolute atomic E-state index is 0.162. The van der Waals surface area contributed by atoms with Gasteiger partial charge in [-0.3, -0.25) is 4.79 Å². The first-order valence-electron chi connectivity index (χ1n) is 5.17. The molecule has 0 bridgehead atoms. The van der Waals surface area contributed by atoms with Crippen molar-refractivity contribution in [3.8, 4) is 0 Å². The van der Waals surface area contributed by atoms with Crippen molar-refractivity contribution in [3.63, 3.8) is 0 Å². The van der Waals surface area contributed by atoms with Crippen LogP contribution in [0.4, 0.5) is 5.69 Å². The summed E-state index contributed by atoms with van der Waals surface area (Å²) in [4.78, 5) is 22.5. The lowest BCUT2D eigenvalue weighted by atomic mass is 10.3. The lowest BCUT2D eigenvalue weighted by Crippen LogP contribution is -2.11. The Morgan fingerprint density at radius 2 is 1.60 bits per heavy atom. The lowest BCUT2D eigenvalue weighted by molar-refractivity contribution is 0.0660. The highest BCUT2D eigenvalue weighted by molar-refractivity contribution is 6.44. The molecule has 2 aromatic rings. The number of aromatic carboxylic acids is 1. The smallest absolute Gasteiger partial charge is 0.371 e. The second-order valence-electron chi connectivity index (χ2n) is 3.67. The van der Waals surface area contributed by atoms with Gasteiger partial charge in [0.2, 0.25) is 5.76 Å². The van der Waals surface area contributed by atoms with Gasteiger partial charge in [-0.25, -0.2) is 4.79 Å². The van der Waals surface area contributed by atoms with Crippen LogP contribution in [0.2, 0.25) is 15.1 Å². The molecule has 0 saturated heterocycles. The highest BCUT2D eigenvalue weighted by Gasteiger charge is 2.16. The van der Waals surface area contributed by atoms with Gasteiger partial charge in [0.05, 0.1) is 20.8 Å². The molecule has 0 aliphatic carbocycles. The maximum absolute atomic E-state index is 11.9. The summed E-state index contributed by atoms with van der Waals surface area (Å²) < 4.78 is 4.86. The molecule has 0 unspecified atom stereocenters. The van der Waals surface area contributed by atoms with E-state index in [-0.39, 0.29) is 32.3 Å². The first-order chi connectivity index (χ1) is 9.38. The Morgan fingerprint density at radius 1 is 1.00 bits per heavy atom. The van der Waals surface area contributed by atoms with E-state index in [1.807, 2.05) is 0 Å². The van der Waals surface area contributed by atoms with Crippen molar-refractivity contribution in [1.29, 1.82) is 0 Å². The third-order valence-corrected chi connectivity index (χ3v) is 3.33. The Bertz CT molecular complexity index is 696. The molecule has 1 aromatic carbocycles. The number of rotatable bonds is 3. The van der Waals surface area contributed by atoms with Gasteiger partial charge in [0.25, 0.3) is 5.91 Å². The van der Waals surface area contributed by atoms with Crippen LogP contribution in [-0.2, 0) is 0 Å². The van der Waals surface area contributed by atoms with E-state index in [1.54, 1.807) is 0 Å². The minimum atomic E-state index is -1.27. The molecule has 2 N–H and O–H groups in total. The van der Waals surface area contributed by atoms with E-state index in [9.17, 15) is 9.59 Å². The zero-order chi connectivity index (χ0) is 14.9. The van der Waals surface area contributed by atoms with Crippen molar-refractivity contribution in [2.24, 2.45) is 0 Å². The number of halogens is 3. The van der Waals surface area contributed by atoms with E-state index in [1.165, 1.54) is 24.3 Å². The van der Waals surface area contributed by atoms with Crippen molar-refractivity contribution in [1.82, 2.24) is 0 Å². The van der Waals surface area contributed by atoms with Crippen molar-refractivity contribution < 1.29 is 19.1 Å². The van der Waals surface area contributed by atoms with Crippen molar-refractivity contribution in [3.05, 3.63) is 50.9 Å². The van der Waals surface area contributed by atoms with E-state index >= 15 is 0 Å². The van der Waals surface area contributed by atoms with Crippen LogP contribution >= 0.6 is 34.8 Å². The molecule has 0 fully saturated rings. The molecule has 1 aromatic heterocycles. The zero-order valence-corrected chi connectivity index (χ0v) is 11.9. The number of carbonyl (C=O) groups is 2. The van der Waals surface area contributed by atoms with Crippen molar-refractivity contribution in [2.75, 3.05) is 5.32 Å². The Hall–Kier alpha value is -1.69. The molecule has 0 saturated carbocycles. The standard InChI is InChI=1S/C12H6Cl3NO4/c13-5-3-7(15)8(4-6(5)14)16-11(17)9-1-2-10(20-9)12(18)19/h1-4H,(H,16,17)(H,18,19). The number of furan rings is 1. The van der Waals surface area contributed by atoms with E-state index < -0.39 is 11.9 Å². The number of benzene rings is 1. The van der Waals surface area contributed by atoms with Gasteiger partial charge >= 0.3 is 5.97 Å². The van der Waals surface area contributed by atoms with Gasteiger partial charge in [0.1, 0.15) is 0 Å². The summed E-state index contributed by atoms with van der Waals surface area (Å²) in [5, 5.41) is 11.8. The summed E-state index contributed by atoms with van der Waals surface area (Å²) in [6, 6.07) is 5.18. The molecule has 0 radical (unpaired) electrons. The first-order valence-corrected chi connectivity index (χ1v) is 6.31. The normalized spacial score (nSPS) is 10.3. The highest BCUT2D eigenvalue weighted by Crippen LogP contribution is 2.32. The number of amides is 1. The van der Waals surface area contributed by atoms with E-state index in [2.05, 4.69) is 5.32 Å².